The molecule has 1 saturated carbocycles. The van der Waals surface area contributed by atoms with E-state index in [1.54, 1.807) is 0 Å². The Balaban J connectivity index is 0.00000112. The highest BCUT2D eigenvalue weighted by Gasteiger charge is 2.46. The van der Waals surface area contributed by atoms with Gasteiger partial charge in [-0.2, -0.15) is 0 Å². The summed E-state index contributed by atoms with van der Waals surface area (Å²) in [5.74, 6) is 1.49. The minimum Gasteiger partial charge on any atom is -0.330 e. The molecule has 31 heavy (non-hydrogen) atoms. The van der Waals surface area contributed by atoms with Crippen molar-refractivity contribution in [3.05, 3.63) is 72.0 Å². The lowest BCUT2D eigenvalue weighted by Gasteiger charge is -2.48. The van der Waals surface area contributed by atoms with Crippen LogP contribution >= 0.6 is 0 Å². The van der Waals surface area contributed by atoms with E-state index in [9.17, 15) is 4.39 Å². The topological polar surface area (TPSA) is 43.6 Å². The van der Waals surface area contributed by atoms with Crippen LogP contribution in [0, 0.1) is 30.0 Å². The Morgan fingerprint density at radius 2 is 1.84 bits per heavy atom. The van der Waals surface area contributed by atoms with Gasteiger partial charge in [-0.25, -0.2) is 19.3 Å². The number of fused-ring (bicyclic) bond motifs is 2. The Hall–Kier alpha value is -3.26. The predicted molar refractivity (Wildman–Crippen MR) is 121 cm³/mol. The first-order valence-electron chi connectivity index (χ1n) is 10.7. The third-order valence-corrected chi connectivity index (χ3v) is 6.92. The Kier molecular flexibility index (Phi) is 5.73. The van der Waals surface area contributed by atoms with Gasteiger partial charge in [0.05, 0.1) is 17.7 Å². The fraction of sp³-hybridized carbons (Fsp3) is 0.346. The molecule has 5 heteroatoms. The molecule has 2 unspecified atom stereocenters. The lowest BCUT2D eigenvalue weighted by atomic mass is 9.59. The van der Waals surface area contributed by atoms with E-state index in [1.807, 2.05) is 36.9 Å². The maximum Gasteiger partial charge on any atom is 0.131 e. The third kappa shape index (κ3) is 3.67. The van der Waals surface area contributed by atoms with Crippen LogP contribution < -0.4 is 0 Å². The van der Waals surface area contributed by atoms with Crippen LogP contribution in [0.4, 0.5) is 4.39 Å². The zero-order chi connectivity index (χ0) is 22.0. The van der Waals surface area contributed by atoms with Gasteiger partial charge in [-0.15, -0.1) is 12.8 Å². The van der Waals surface area contributed by atoms with Crippen molar-refractivity contribution in [2.75, 3.05) is 0 Å². The van der Waals surface area contributed by atoms with Gasteiger partial charge in [-0.1, -0.05) is 19.4 Å². The normalized spacial score (nSPS) is 22.9. The van der Waals surface area contributed by atoms with Gasteiger partial charge in [0.2, 0.25) is 0 Å². The van der Waals surface area contributed by atoms with E-state index in [-0.39, 0.29) is 11.2 Å². The minimum atomic E-state index is -0.222. The van der Waals surface area contributed by atoms with E-state index in [4.69, 9.17) is 0 Å². The molecule has 1 fully saturated rings. The Morgan fingerprint density at radius 3 is 2.55 bits per heavy atom. The van der Waals surface area contributed by atoms with Crippen molar-refractivity contribution in [2.24, 2.45) is 11.3 Å². The molecule has 0 amide bonds. The lowest BCUT2D eigenvalue weighted by Crippen LogP contribution is -2.41. The highest BCUT2D eigenvalue weighted by Crippen LogP contribution is 2.54. The summed E-state index contributed by atoms with van der Waals surface area (Å²) in [6.07, 6.45) is 19.4. The van der Waals surface area contributed by atoms with Crippen molar-refractivity contribution < 1.29 is 4.39 Å². The molecule has 1 aliphatic heterocycles. The zero-order valence-electron chi connectivity index (χ0n) is 18.0. The monoisotopic (exact) mass is 414 g/mol. The molecule has 3 atom stereocenters. The van der Waals surface area contributed by atoms with Gasteiger partial charge < -0.3 is 4.57 Å². The molecule has 0 spiro atoms. The van der Waals surface area contributed by atoms with Gasteiger partial charge in [0, 0.05) is 35.8 Å². The molecule has 4 nitrogen and oxygen atoms in total. The molecule has 1 aromatic carbocycles. The molecule has 0 N–H and O–H groups in total. The maximum absolute atomic E-state index is 13.4. The molecule has 158 valence electrons. The van der Waals surface area contributed by atoms with Crippen molar-refractivity contribution in [3.8, 4) is 24.1 Å². The number of rotatable bonds is 3. The van der Waals surface area contributed by atoms with E-state index in [0.29, 0.717) is 11.8 Å². The van der Waals surface area contributed by atoms with Crippen molar-refractivity contribution in [1.29, 1.82) is 0 Å². The molecule has 2 aliphatic rings. The highest BCUT2D eigenvalue weighted by molar-refractivity contribution is 5.72. The Morgan fingerprint density at radius 1 is 1.13 bits per heavy atom. The second kappa shape index (κ2) is 8.47. The summed E-state index contributed by atoms with van der Waals surface area (Å²) < 4.78 is 15.6. The van der Waals surface area contributed by atoms with E-state index in [2.05, 4.69) is 52.3 Å². The zero-order valence-corrected chi connectivity index (χ0v) is 18.0. The number of imidazole rings is 1. The van der Waals surface area contributed by atoms with Crippen LogP contribution in [0.25, 0.3) is 17.3 Å². The van der Waals surface area contributed by atoms with Crippen LogP contribution in [0.1, 0.15) is 50.5 Å². The molecule has 0 radical (unpaired) electrons. The van der Waals surface area contributed by atoms with Crippen LogP contribution in [0.3, 0.4) is 0 Å². The lowest BCUT2D eigenvalue weighted by molar-refractivity contribution is 0.127. The standard InChI is InChI=1S/C24H25FN4.C2H2/c1-16(23-26-11-4-12-27-23)20-6-3-5-18-13-21-22(17-7-9-19(25)10-8-17)28-15-29(21)14-24(18,20)2;1-2/h4,7-13,15-16,20H,3,5-6,14H2,1-2H3;1-2H/t16?,20?,24-;/m0./s1. The summed E-state index contributed by atoms with van der Waals surface area (Å²) >= 11 is 0. The summed E-state index contributed by atoms with van der Waals surface area (Å²) in [6.45, 7) is 5.56. The van der Waals surface area contributed by atoms with Crippen LogP contribution in [0.15, 0.2) is 54.6 Å². The Bertz CT molecular complexity index is 1100. The summed E-state index contributed by atoms with van der Waals surface area (Å²) in [5, 5.41) is 0. The van der Waals surface area contributed by atoms with Gasteiger partial charge in [0.1, 0.15) is 11.6 Å². The number of benzene rings is 1. The van der Waals surface area contributed by atoms with Gasteiger partial charge in [0.25, 0.3) is 0 Å². The number of aromatic nitrogens is 4. The largest absolute Gasteiger partial charge is 0.330 e. The van der Waals surface area contributed by atoms with Gasteiger partial charge in [-0.05, 0) is 61.6 Å². The first kappa shape index (κ1) is 21.0. The van der Waals surface area contributed by atoms with Crippen molar-refractivity contribution in [1.82, 2.24) is 19.5 Å². The van der Waals surface area contributed by atoms with Crippen LogP contribution in [-0.4, -0.2) is 19.5 Å². The summed E-state index contributed by atoms with van der Waals surface area (Å²) in [4.78, 5) is 13.8. The summed E-state index contributed by atoms with van der Waals surface area (Å²) in [7, 11) is 0. The third-order valence-electron chi connectivity index (χ3n) is 6.92. The first-order valence-corrected chi connectivity index (χ1v) is 10.7. The SMILES string of the molecule is C#C.CC(c1ncccn1)C1CCCC2=Cc3c(-c4ccc(F)cc4)ncn3C[C@@]21C. The van der Waals surface area contributed by atoms with Gasteiger partial charge in [-0.3, -0.25) is 0 Å². The number of hydrogen-bond acceptors (Lipinski definition) is 3. The molecule has 0 saturated heterocycles. The molecule has 1 aliphatic carbocycles. The molecule has 3 heterocycles. The summed E-state index contributed by atoms with van der Waals surface area (Å²) in [5.41, 5.74) is 4.58. The molecule has 3 aromatic rings. The molecule has 2 aromatic heterocycles. The Labute approximate surface area is 183 Å². The van der Waals surface area contributed by atoms with Crippen LogP contribution in [0.2, 0.25) is 0 Å². The predicted octanol–water partition coefficient (Wildman–Crippen LogP) is 5.74. The smallest absolute Gasteiger partial charge is 0.131 e. The number of hydrogen-bond donors (Lipinski definition) is 0. The van der Waals surface area contributed by atoms with E-state index in [1.165, 1.54) is 30.5 Å². The van der Waals surface area contributed by atoms with Crippen molar-refractivity contribution in [3.63, 3.8) is 0 Å². The quantitative estimate of drug-likeness (QED) is 0.514. The minimum absolute atomic E-state index is 0.0602. The second-order valence-electron chi connectivity index (χ2n) is 8.59. The first-order chi connectivity index (χ1) is 15.1. The van der Waals surface area contributed by atoms with Gasteiger partial charge >= 0.3 is 0 Å². The van der Waals surface area contributed by atoms with E-state index in [0.717, 1.165) is 35.7 Å². The molecular formula is C26H27FN4. The van der Waals surface area contributed by atoms with Crippen LogP contribution in [-0.2, 0) is 6.54 Å². The maximum atomic E-state index is 13.4. The van der Waals surface area contributed by atoms with Gasteiger partial charge in [0.15, 0.2) is 0 Å². The molecular weight excluding hydrogens is 387 g/mol. The number of nitrogens with zero attached hydrogens (tertiary/aromatic N) is 4. The van der Waals surface area contributed by atoms with Crippen molar-refractivity contribution >= 4 is 6.08 Å². The number of halogens is 1. The van der Waals surface area contributed by atoms with Crippen molar-refractivity contribution in [2.45, 2.75) is 45.6 Å². The van der Waals surface area contributed by atoms with Crippen LogP contribution in [0.5, 0.6) is 0 Å². The molecule has 5 rings (SSSR count). The second-order valence-corrected chi connectivity index (χ2v) is 8.59. The fourth-order valence-electron chi connectivity index (χ4n) is 5.36. The summed E-state index contributed by atoms with van der Waals surface area (Å²) in [6, 6.07) is 8.49. The number of allylic oxidation sites excluding steroid dienone is 1. The van der Waals surface area contributed by atoms with E-state index < -0.39 is 0 Å². The average Bonchev–Trinajstić information content (AvgIpc) is 3.21. The number of terminal acetylenes is 1. The molecule has 0 bridgehead atoms. The fourth-order valence-corrected chi connectivity index (χ4v) is 5.36. The average molecular weight is 415 g/mol. The van der Waals surface area contributed by atoms with E-state index >= 15 is 0 Å². The highest BCUT2D eigenvalue weighted by atomic mass is 19.1.